The van der Waals surface area contributed by atoms with Crippen molar-refractivity contribution in [2.45, 2.75) is 25.3 Å². The van der Waals surface area contributed by atoms with E-state index >= 15 is 0 Å². The van der Waals surface area contributed by atoms with Crippen LogP contribution in [0.3, 0.4) is 0 Å². The summed E-state index contributed by atoms with van der Waals surface area (Å²) in [6, 6.07) is 12.6. The van der Waals surface area contributed by atoms with E-state index < -0.39 is 0 Å². The van der Waals surface area contributed by atoms with Crippen molar-refractivity contribution in [1.29, 1.82) is 0 Å². The smallest absolute Gasteiger partial charge is 0.338 e. The van der Waals surface area contributed by atoms with Crippen LogP contribution in [0, 0.1) is 12.8 Å². The number of hydrogen-bond acceptors (Lipinski definition) is 3. The molecule has 2 aliphatic rings. The number of fused-ring (bicyclic) bond motifs is 3. The van der Waals surface area contributed by atoms with Crippen molar-refractivity contribution in [3.8, 4) is 0 Å². The maximum absolute atomic E-state index is 12.3. The highest BCUT2D eigenvalue weighted by Crippen LogP contribution is 2.51. The predicted octanol–water partition coefficient (Wildman–Crippen LogP) is 5.37. The summed E-state index contributed by atoms with van der Waals surface area (Å²) in [4.78, 5) is 12.3. The Hall–Kier alpha value is -2.07. The van der Waals surface area contributed by atoms with E-state index in [1.165, 1.54) is 12.7 Å². The molecule has 4 heteroatoms. The van der Waals surface area contributed by atoms with Gasteiger partial charge >= 0.3 is 5.97 Å². The predicted molar refractivity (Wildman–Crippen MR) is 103 cm³/mol. The van der Waals surface area contributed by atoms with Gasteiger partial charge in [0, 0.05) is 16.1 Å². The molecule has 25 heavy (non-hydrogen) atoms. The van der Waals surface area contributed by atoms with Crippen LogP contribution >= 0.6 is 15.9 Å². The average molecular weight is 398 g/mol. The van der Waals surface area contributed by atoms with Gasteiger partial charge in [0.15, 0.2) is 0 Å². The van der Waals surface area contributed by atoms with Crippen LogP contribution in [0.1, 0.15) is 45.4 Å². The van der Waals surface area contributed by atoms with Gasteiger partial charge in [-0.15, -0.1) is 0 Å². The first kappa shape index (κ1) is 16.4. The Morgan fingerprint density at radius 1 is 1.28 bits per heavy atom. The first-order valence-corrected chi connectivity index (χ1v) is 9.30. The minimum Gasteiger partial charge on any atom is -0.465 e. The molecular weight excluding hydrogens is 378 g/mol. The van der Waals surface area contributed by atoms with E-state index in [0.717, 1.165) is 27.7 Å². The van der Waals surface area contributed by atoms with Gasteiger partial charge in [0.05, 0.1) is 18.7 Å². The molecule has 2 aromatic carbocycles. The molecule has 0 bridgehead atoms. The molecule has 0 spiro atoms. The molecule has 2 aromatic rings. The zero-order valence-electron chi connectivity index (χ0n) is 14.3. The lowest BCUT2D eigenvalue weighted by atomic mass is 9.75. The van der Waals surface area contributed by atoms with Gasteiger partial charge in [0.2, 0.25) is 0 Å². The molecule has 128 valence electrons. The quantitative estimate of drug-likeness (QED) is 0.546. The number of allylic oxidation sites excluding steroid dienone is 2. The van der Waals surface area contributed by atoms with Gasteiger partial charge in [-0.3, -0.25) is 0 Å². The van der Waals surface area contributed by atoms with Crippen molar-refractivity contribution in [2.75, 3.05) is 12.4 Å². The van der Waals surface area contributed by atoms with Gasteiger partial charge < -0.3 is 10.1 Å². The number of aryl methyl sites for hydroxylation is 1. The highest BCUT2D eigenvalue weighted by atomic mass is 79.9. The molecule has 0 saturated carbocycles. The third-order valence-electron chi connectivity index (χ3n) is 5.34. The number of benzene rings is 2. The second-order valence-electron chi connectivity index (χ2n) is 6.74. The van der Waals surface area contributed by atoms with Crippen LogP contribution in [-0.4, -0.2) is 13.1 Å². The molecule has 3 nitrogen and oxygen atoms in total. The number of halogens is 1. The van der Waals surface area contributed by atoms with E-state index in [1.807, 2.05) is 18.2 Å². The maximum Gasteiger partial charge on any atom is 0.338 e. The van der Waals surface area contributed by atoms with Crippen molar-refractivity contribution in [1.82, 2.24) is 0 Å². The van der Waals surface area contributed by atoms with Gasteiger partial charge in [0.1, 0.15) is 0 Å². The van der Waals surface area contributed by atoms with E-state index in [1.54, 1.807) is 0 Å². The minimum atomic E-state index is -0.266. The van der Waals surface area contributed by atoms with E-state index in [2.05, 4.69) is 58.5 Å². The van der Waals surface area contributed by atoms with Crippen LogP contribution in [0.5, 0.6) is 0 Å². The summed E-state index contributed by atoms with van der Waals surface area (Å²) in [5.74, 6) is 0.360. The number of hydrogen-bond donors (Lipinski definition) is 1. The Bertz CT molecular complexity index is 874. The van der Waals surface area contributed by atoms with Crippen molar-refractivity contribution in [2.24, 2.45) is 5.92 Å². The summed E-state index contributed by atoms with van der Waals surface area (Å²) in [5.41, 5.74) is 5.24. The van der Waals surface area contributed by atoms with Gasteiger partial charge in [-0.25, -0.2) is 4.79 Å². The molecule has 1 N–H and O–H groups in total. The molecule has 1 aliphatic heterocycles. The van der Waals surface area contributed by atoms with Crippen LogP contribution < -0.4 is 5.32 Å². The average Bonchev–Trinajstić information content (AvgIpc) is 3.10. The SMILES string of the molecule is COC(=O)c1ccc(C)c2c1C1C=CCC1[C@@H](c1cccc(Br)c1)N2. The number of nitrogens with one attached hydrogen (secondary N) is 1. The number of esters is 1. The molecule has 0 fully saturated rings. The van der Waals surface area contributed by atoms with Crippen molar-refractivity contribution < 1.29 is 9.53 Å². The van der Waals surface area contributed by atoms with Gasteiger partial charge in [-0.1, -0.05) is 46.3 Å². The molecule has 2 unspecified atom stereocenters. The van der Waals surface area contributed by atoms with Crippen LogP contribution in [0.2, 0.25) is 0 Å². The standard InChI is InChI=1S/C21H20BrNO2/c1-12-9-10-17(21(24)25-2)18-15-7-4-8-16(15)20(23-19(12)18)13-5-3-6-14(22)11-13/h3-7,9-11,15-16,20,23H,8H2,1-2H3/t15?,16?,20-/m1/s1. The largest absolute Gasteiger partial charge is 0.465 e. The maximum atomic E-state index is 12.3. The molecular formula is C21H20BrNO2. The highest BCUT2D eigenvalue weighted by Gasteiger charge is 2.40. The van der Waals surface area contributed by atoms with Crippen molar-refractivity contribution >= 4 is 27.6 Å². The molecule has 0 aromatic heterocycles. The fourth-order valence-corrected chi connectivity index (χ4v) is 4.59. The summed E-state index contributed by atoms with van der Waals surface area (Å²) in [7, 11) is 1.44. The lowest BCUT2D eigenvalue weighted by Crippen LogP contribution is -2.31. The number of anilines is 1. The van der Waals surface area contributed by atoms with Crippen LogP contribution in [-0.2, 0) is 4.74 Å². The summed E-state index contributed by atoms with van der Waals surface area (Å²) in [6.07, 6.45) is 5.49. The molecule has 0 radical (unpaired) electrons. The van der Waals surface area contributed by atoms with Crippen LogP contribution in [0.25, 0.3) is 0 Å². The summed E-state index contributed by atoms with van der Waals surface area (Å²) >= 11 is 3.58. The molecule has 1 heterocycles. The normalized spacial score (nSPS) is 23.6. The van der Waals surface area contributed by atoms with E-state index in [9.17, 15) is 4.79 Å². The van der Waals surface area contributed by atoms with E-state index in [4.69, 9.17) is 4.74 Å². The lowest BCUT2D eigenvalue weighted by Gasteiger charge is -2.39. The Kier molecular flexibility index (Phi) is 4.16. The number of carbonyl (C=O) groups excluding carboxylic acids is 1. The highest BCUT2D eigenvalue weighted by molar-refractivity contribution is 9.10. The first-order chi connectivity index (χ1) is 12.1. The van der Waals surface area contributed by atoms with Gasteiger partial charge in [-0.05, 0) is 54.2 Å². The summed E-state index contributed by atoms with van der Waals surface area (Å²) < 4.78 is 6.10. The molecule has 4 rings (SSSR count). The molecule has 1 aliphatic carbocycles. The molecule has 0 amide bonds. The van der Waals surface area contributed by atoms with Gasteiger partial charge in [0.25, 0.3) is 0 Å². The fraction of sp³-hybridized carbons (Fsp3) is 0.286. The third-order valence-corrected chi connectivity index (χ3v) is 5.83. The number of ether oxygens (including phenoxy) is 1. The Balaban J connectivity index is 1.87. The molecule has 3 atom stereocenters. The van der Waals surface area contributed by atoms with Crippen molar-refractivity contribution in [3.05, 3.63) is 75.3 Å². The number of carbonyl (C=O) groups is 1. The Morgan fingerprint density at radius 3 is 2.88 bits per heavy atom. The van der Waals surface area contributed by atoms with Crippen molar-refractivity contribution in [3.63, 3.8) is 0 Å². The zero-order valence-corrected chi connectivity index (χ0v) is 15.8. The number of methoxy groups -OCH3 is 1. The summed E-state index contributed by atoms with van der Waals surface area (Å²) in [5, 5.41) is 3.73. The Morgan fingerprint density at radius 2 is 2.12 bits per heavy atom. The van der Waals surface area contributed by atoms with Gasteiger partial charge in [-0.2, -0.15) is 0 Å². The number of rotatable bonds is 2. The van der Waals surface area contributed by atoms with Crippen LogP contribution in [0.15, 0.2) is 53.0 Å². The first-order valence-electron chi connectivity index (χ1n) is 8.50. The second kappa shape index (κ2) is 6.34. The third kappa shape index (κ3) is 2.69. The second-order valence-corrected chi connectivity index (χ2v) is 7.66. The molecule has 0 saturated heterocycles. The summed E-state index contributed by atoms with van der Waals surface area (Å²) in [6.45, 7) is 2.09. The van der Waals surface area contributed by atoms with E-state index in [0.29, 0.717) is 11.5 Å². The monoisotopic (exact) mass is 397 g/mol. The topological polar surface area (TPSA) is 38.3 Å². The lowest BCUT2D eigenvalue weighted by molar-refractivity contribution is 0.0598. The van der Waals surface area contributed by atoms with Crippen LogP contribution in [0.4, 0.5) is 5.69 Å². The Labute approximate surface area is 156 Å². The fourth-order valence-electron chi connectivity index (χ4n) is 4.17. The van der Waals surface area contributed by atoms with E-state index in [-0.39, 0.29) is 17.9 Å². The zero-order chi connectivity index (χ0) is 17.6. The minimum absolute atomic E-state index is 0.219.